The van der Waals surface area contributed by atoms with E-state index < -0.39 is 0 Å². The molecule has 1 saturated carbocycles. The molecule has 2 heteroatoms. The van der Waals surface area contributed by atoms with E-state index in [0.717, 1.165) is 24.5 Å². The maximum absolute atomic E-state index is 6.45. The molecule has 0 atom stereocenters. The van der Waals surface area contributed by atoms with Crippen LogP contribution in [0, 0.1) is 12.3 Å². The van der Waals surface area contributed by atoms with Gasteiger partial charge in [0.15, 0.2) is 0 Å². The Hall–Kier alpha value is -0.530. The molecule has 0 saturated heterocycles. The number of hydrogen-bond donors (Lipinski definition) is 1. The standard InChI is InChI=1S/C18H28ClN/c1-3-11-20-14-18(9-5-4-6-10-18)13-16-8-7-15(2)12-17(16)19/h7-8,12,20H,3-6,9-11,13-14H2,1-2H3. The van der Waals surface area contributed by atoms with Crippen LogP contribution >= 0.6 is 11.6 Å². The molecule has 0 aromatic heterocycles. The second-order valence-electron chi connectivity index (χ2n) is 6.51. The summed E-state index contributed by atoms with van der Waals surface area (Å²) in [4.78, 5) is 0. The minimum absolute atomic E-state index is 0.423. The van der Waals surface area contributed by atoms with Crippen molar-refractivity contribution in [2.24, 2.45) is 5.41 Å². The van der Waals surface area contributed by atoms with Crippen LogP contribution in [0.2, 0.25) is 5.02 Å². The number of benzene rings is 1. The minimum Gasteiger partial charge on any atom is -0.316 e. The highest BCUT2D eigenvalue weighted by Gasteiger charge is 2.32. The van der Waals surface area contributed by atoms with Gasteiger partial charge in [0.1, 0.15) is 0 Å². The van der Waals surface area contributed by atoms with Crippen molar-refractivity contribution in [1.82, 2.24) is 5.32 Å². The van der Waals surface area contributed by atoms with E-state index in [-0.39, 0.29) is 0 Å². The number of aryl methyl sites for hydroxylation is 1. The van der Waals surface area contributed by atoms with Crippen LogP contribution in [-0.2, 0) is 6.42 Å². The molecule has 1 N–H and O–H groups in total. The Bertz CT molecular complexity index is 421. The van der Waals surface area contributed by atoms with E-state index in [0.29, 0.717) is 5.41 Å². The van der Waals surface area contributed by atoms with Crippen molar-refractivity contribution in [3.63, 3.8) is 0 Å². The maximum Gasteiger partial charge on any atom is 0.0440 e. The fraction of sp³-hybridized carbons (Fsp3) is 0.667. The molecule has 0 unspecified atom stereocenters. The van der Waals surface area contributed by atoms with Gasteiger partial charge >= 0.3 is 0 Å². The molecule has 1 aliphatic carbocycles. The predicted octanol–water partition coefficient (Wildman–Crippen LogP) is 5.14. The van der Waals surface area contributed by atoms with Crippen LogP contribution in [-0.4, -0.2) is 13.1 Å². The van der Waals surface area contributed by atoms with Crippen molar-refractivity contribution in [2.75, 3.05) is 13.1 Å². The lowest BCUT2D eigenvalue weighted by Gasteiger charge is -2.38. The summed E-state index contributed by atoms with van der Waals surface area (Å²) in [6.07, 6.45) is 9.16. The first kappa shape index (κ1) is 15.9. The molecule has 1 fully saturated rings. The van der Waals surface area contributed by atoms with Crippen LogP contribution in [0.1, 0.15) is 56.6 Å². The van der Waals surface area contributed by atoms with Gasteiger partial charge in [-0.2, -0.15) is 0 Å². The third kappa shape index (κ3) is 4.23. The molecular weight excluding hydrogens is 266 g/mol. The van der Waals surface area contributed by atoms with Gasteiger partial charge in [-0.15, -0.1) is 0 Å². The van der Waals surface area contributed by atoms with Crippen molar-refractivity contribution < 1.29 is 0 Å². The van der Waals surface area contributed by atoms with Gasteiger partial charge in [0.05, 0.1) is 0 Å². The molecule has 1 nitrogen and oxygen atoms in total. The summed E-state index contributed by atoms with van der Waals surface area (Å²) >= 11 is 6.45. The Labute approximate surface area is 129 Å². The zero-order valence-corrected chi connectivity index (χ0v) is 13.7. The van der Waals surface area contributed by atoms with Gasteiger partial charge in [0, 0.05) is 11.6 Å². The van der Waals surface area contributed by atoms with Crippen LogP contribution < -0.4 is 5.32 Å². The molecule has 2 rings (SSSR count). The maximum atomic E-state index is 6.45. The molecule has 0 aliphatic heterocycles. The molecule has 0 heterocycles. The number of halogens is 1. The van der Waals surface area contributed by atoms with E-state index in [1.165, 1.54) is 49.7 Å². The third-order valence-corrected chi connectivity index (χ3v) is 4.97. The summed E-state index contributed by atoms with van der Waals surface area (Å²) in [5, 5.41) is 4.60. The molecule has 0 spiro atoms. The quantitative estimate of drug-likeness (QED) is 0.716. The Balaban J connectivity index is 2.10. The molecule has 0 bridgehead atoms. The van der Waals surface area contributed by atoms with E-state index in [9.17, 15) is 0 Å². The second-order valence-corrected chi connectivity index (χ2v) is 6.92. The molecule has 1 aromatic carbocycles. The van der Waals surface area contributed by atoms with Crippen molar-refractivity contribution in [3.05, 3.63) is 34.3 Å². The summed E-state index contributed by atoms with van der Waals surface area (Å²) in [6, 6.07) is 6.53. The summed E-state index contributed by atoms with van der Waals surface area (Å²) in [6.45, 7) is 6.61. The van der Waals surface area contributed by atoms with E-state index in [2.05, 4.69) is 37.4 Å². The first-order valence-electron chi connectivity index (χ1n) is 8.11. The van der Waals surface area contributed by atoms with E-state index in [1.807, 2.05) is 0 Å². The minimum atomic E-state index is 0.423. The lowest BCUT2D eigenvalue weighted by atomic mass is 9.70. The highest BCUT2D eigenvalue weighted by Crippen LogP contribution is 2.40. The molecule has 20 heavy (non-hydrogen) atoms. The molecular formula is C18H28ClN. The van der Waals surface area contributed by atoms with Gasteiger partial charge < -0.3 is 5.32 Å². The lowest BCUT2D eigenvalue weighted by Crippen LogP contribution is -2.38. The first-order valence-corrected chi connectivity index (χ1v) is 8.49. The van der Waals surface area contributed by atoms with Crippen molar-refractivity contribution >= 4 is 11.6 Å². The van der Waals surface area contributed by atoms with Gasteiger partial charge in [-0.3, -0.25) is 0 Å². The van der Waals surface area contributed by atoms with Crippen LogP contribution in [0.25, 0.3) is 0 Å². The Morgan fingerprint density at radius 1 is 1.20 bits per heavy atom. The third-order valence-electron chi connectivity index (χ3n) is 4.62. The van der Waals surface area contributed by atoms with Crippen LogP contribution in [0.3, 0.4) is 0 Å². The van der Waals surface area contributed by atoms with Gasteiger partial charge in [-0.25, -0.2) is 0 Å². The second kappa shape index (κ2) is 7.47. The molecule has 0 amide bonds. The average Bonchev–Trinajstić information content (AvgIpc) is 2.44. The fourth-order valence-electron chi connectivity index (χ4n) is 3.45. The Morgan fingerprint density at radius 3 is 2.60 bits per heavy atom. The van der Waals surface area contributed by atoms with Gasteiger partial charge in [-0.05, 0) is 61.8 Å². The Kier molecular flexibility index (Phi) is 5.92. The summed E-state index contributed by atoms with van der Waals surface area (Å²) in [7, 11) is 0. The summed E-state index contributed by atoms with van der Waals surface area (Å²) in [5.74, 6) is 0. The number of nitrogens with one attached hydrogen (secondary N) is 1. The molecule has 1 aromatic rings. The normalized spacial score (nSPS) is 18.1. The number of rotatable bonds is 6. The van der Waals surface area contributed by atoms with E-state index in [4.69, 9.17) is 11.6 Å². The van der Waals surface area contributed by atoms with Crippen molar-refractivity contribution in [2.45, 2.75) is 58.8 Å². The van der Waals surface area contributed by atoms with Crippen molar-refractivity contribution in [1.29, 1.82) is 0 Å². The zero-order valence-electron chi connectivity index (χ0n) is 13.0. The summed E-state index contributed by atoms with van der Waals surface area (Å²) < 4.78 is 0. The molecule has 1 aliphatic rings. The van der Waals surface area contributed by atoms with Gasteiger partial charge in [-0.1, -0.05) is 49.9 Å². The Morgan fingerprint density at radius 2 is 1.95 bits per heavy atom. The number of hydrogen-bond acceptors (Lipinski definition) is 1. The smallest absolute Gasteiger partial charge is 0.0440 e. The molecule has 0 radical (unpaired) electrons. The van der Waals surface area contributed by atoms with Crippen LogP contribution in [0.15, 0.2) is 18.2 Å². The monoisotopic (exact) mass is 293 g/mol. The lowest BCUT2D eigenvalue weighted by molar-refractivity contribution is 0.181. The summed E-state index contributed by atoms with van der Waals surface area (Å²) in [5.41, 5.74) is 3.00. The van der Waals surface area contributed by atoms with Crippen molar-refractivity contribution in [3.8, 4) is 0 Å². The average molecular weight is 294 g/mol. The topological polar surface area (TPSA) is 12.0 Å². The SMILES string of the molecule is CCCNCC1(Cc2ccc(C)cc2Cl)CCCCC1. The van der Waals surface area contributed by atoms with Crippen LogP contribution in [0.5, 0.6) is 0 Å². The first-order chi connectivity index (χ1) is 9.65. The van der Waals surface area contributed by atoms with Crippen LogP contribution in [0.4, 0.5) is 0 Å². The largest absolute Gasteiger partial charge is 0.316 e. The van der Waals surface area contributed by atoms with E-state index in [1.54, 1.807) is 0 Å². The fourth-order valence-corrected chi connectivity index (χ4v) is 3.75. The molecule has 112 valence electrons. The van der Waals surface area contributed by atoms with Gasteiger partial charge in [0.2, 0.25) is 0 Å². The zero-order chi connectivity index (χ0) is 14.4. The van der Waals surface area contributed by atoms with Gasteiger partial charge in [0.25, 0.3) is 0 Å². The predicted molar refractivity (Wildman–Crippen MR) is 88.6 cm³/mol. The highest BCUT2D eigenvalue weighted by atomic mass is 35.5. The van der Waals surface area contributed by atoms with E-state index >= 15 is 0 Å². The highest BCUT2D eigenvalue weighted by molar-refractivity contribution is 6.31.